The molecule has 0 aromatic carbocycles. The van der Waals surface area contributed by atoms with Crippen molar-refractivity contribution in [3.05, 3.63) is 29.7 Å². The standard InChI is InChI=1S/C15H17F2N5O2/c16-15(17)3-10(4-15)2-14(24)19-5-11-1-13-21-12(7-18-9-23)8-22(13)20-6-11/h1,6,8-10H,2-5,7H2,(H,18,23)(H,19,24). The maximum Gasteiger partial charge on any atom is 0.248 e. The van der Waals surface area contributed by atoms with Crippen molar-refractivity contribution in [2.24, 2.45) is 5.92 Å². The molecule has 0 unspecified atom stereocenters. The number of amides is 2. The number of carbonyl (C=O) groups excluding carboxylic acids is 2. The van der Waals surface area contributed by atoms with E-state index in [9.17, 15) is 18.4 Å². The lowest BCUT2D eigenvalue weighted by Crippen LogP contribution is -2.38. The Hall–Kier alpha value is -2.58. The fourth-order valence-electron chi connectivity index (χ4n) is 2.76. The van der Waals surface area contributed by atoms with E-state index in [2.05, 4.69) is 20.7 Å². The molecule has 24 heavy (non-hydrogen) atoms. The smallest absolute Gasteiger partial charge is 0.248 e. The molecule has 128 valence electrons. The minimum absolute atomic E-state index is 0.121. The average Bonchev–Trinajstić information content (AvgIpc) is 2.91. The van der Waals surface area contributed by atoms with Gasteiger partial charge in [-0.25, -0.2) is 18.3 Å². The molecule has 0 atom stereocenters. The van der Waals surface area contributed by atoms with Gasteiger partial charge in [0.1, 0.15) is 0 Å². The molecule has 7 nitrogen and oxygen atoms in total. The summed E-state index contributed by atoms with van der Waals surface area (Å²) in [6.45, 7) is 0.575. The van der Waals surface area contributed by atoms with Crippen molar-refractivity contribution in [1.82, 2.24) is 25.2 Å². The van der Waals surface area contributed by atoms with E-state index >= 15 is 0 Å². The van der Waals surface area contributed by atoms with Crippen molar-refractivity contribution in [2.45, 2.75) is 38.3 Å². The van der Waals surface area contributed by atoms with Gasteiger partial charge in [-0.15, -0.1) is 0 Å². The van der Waals surface area contributed by atoms with Crippen molar-refractivity contribution in [2.75, 3.05) is 0 Å². The molecular weight excluding hydrogens is 320 g/mol. The maximum absolute atomic E-state index is 12.7. The second kappa shape index (κ2) is 6.50. The molecule has 0 saturated heterocycles. The predicted molar refractivity (Wildman–Crippen MR) is 80.0 cm³/mol. The van der Waals surface area contributed by atoms with Crippen molar-refractivity contribution >= 4 is 18.0 Å². The molecule has 0 spiro atoms. The first-order valence-electron chi connectivity index (χ1n) is 7.60. The number of alkyl halides is 2. The number of nitrogens with zero attached hydrogens (tertiary/aromatic N) is 3. The van der Waals surface area contributed by atoms with Crippen LogP contribution in [-0.4, -0.2) is 32.8 Å². The second-order valence-electron chi connectivity index (χ2n) is 6.01. The zero-order valence-electron chi connectivity index (χ0n) is 12.8. The van der Waals surface area contributed by atoms with Crippen LogP contribution in [0.25, 0.3) is 5.65 Å². The van der Waals surface area contributed by atoms with Crippen LogP contribution in [-0.2, 0) is 22.7 Å². The number of hydrogen-bond acceptors (Lipinski definition) is 4. The molecule has 2 aromatic heterocycles. The minimum atomic E-state index is -2.60. The van der Waals surface area contributed by atoms with Crippen LogP contribution >= 0.6 is 0 Å². The lowest BCUT2D eigenvalue weighted by atomic mass is 9.79. The summed E-state index contributed by atoms with van der Waals surface area (Å²) in [6, 6.07) is 1.77. The fraction of sp³-hybridized carbons (Fsp3) is 0.467. The van der Waals surface area contributed by atoms with Crippen molar-refractivity contribution < 1.29 is 18.4 Å². The van der Waals surface area contributed by atoms with E-state index in [0.29, 0.717) is 24.3 Å². The molecule has 1 aliphatic carbocycles. The number of hydrogen-bond donors (Lipinski definition) is 2. The Morgan fingerprint density at radius 2 is 2.21 bits per heavy atom. The van der Waals surface area contributed by atoms with Crippen molar-refractivity contribution in [3.8, 4) is 0 Å². The maximum atomic E-state index is 12.7. The molecule has 1 fully saturated rings. The first-order chi connectivity index (χ1) is 11.4. The van der Waals surface area contributed by atoms with Crippen LogP contribution in [0.3, 0.4) is 0 Å². The van der Waals surface area contributed by atoms with Crippen molar-refractivity contribution in [3.63, 3.8) is 0 Å². The molecule has 2 heterocycles. The van der Waals surface area contributed by atoms with Crippen LogP contribution in [0.1, 0.15) is 30.5 Å². The Balaban J connectivity index is 1.53. The van der Waals surface area contributed by atoms with Crippen LogP contribution in [0.5, 0.6) is 0 Å². The van der Waals surface area contributed by atoms with E-state index < -0.39 is 5.92 Å². The molecule has 2 N–H and O–H groups in total. The quantitative estimate of drug-likeness (QED) is 0.739. The van der Waals surface area contributed by atoms with E-state index in [-0.39, 0.29) is 37.6 Å². The van der Waals surface area contributed by atoms with Gasteiger partial charge in [-0.05, 0) is 17.5 Å². The number of halogens is 2. The summed E-state index contributed by atoms with van der Waals surface area (Å²) in [7, 11) is 0. The van der Waals surface area contributed by atoms with E-state index in [4.69, 9.17) is 0 Å². The van der Waals surface area contributed by atoms with E-state index in [0.717, 1.165) is 5.56 Å². The summed E-state index contributed by atoms with van der Waals surface area (Å²) >= 11 is 0. The lowest BCUT2D eigenvalue weighted by molar-refractivity contribution is -0.133. The summed E-state index contributed by atoms with van der Waals surface area (Å²) in [5.74, 6) is -3.08. The number of nitrogens with one attached hydrogen (secondary N) is 2. The topological polar surface area (TPSA) is 88.4 Å². The summed E-state index contributed by atoms with van der Waals surface area (Å²) in [5.41, 5.74) is 2.03. The van der Waals surface area contributed by atoms with Gasteiger partial charge in [-0.3, -0.25) is 9.59 Å². The Bertz CT molecular complexity index is 753. The molecule has 2 amide bonds. The minimum Gasteiger partial charge on any atom is -0.353 e. The number of aromatic nitrogens is 3. The van der Waals surface area contributed by atoms with Gasteiger partial charge >= 0.3 is 0 Å². The Morgan fingerprint density at radius 1 is 1.42 bits per heavy atom. The Kier molecular flexibility index (Phi) is 4.41. The highest BCUT2D eigenvalue weighted by Crippen LogP contribution is 2.43. The average molecular weight is 337 g/mol. The van der Waals surface area contributed by atoms with Gasteiger partial charge in [-0.2, -0.15) is 5.10 Å². The van der Waals surface area contributed by atoms with Crippen LogP contribution in [0, 0.1) is 5.92 Å². The third-order valence-corrected chi connectivity index (χ3v) is 3.93. The first-order valence-corrected chi connectivity index (χ1v) is 7.60. The number of imidazole rings is 1. The van der Waals surface area contributed by atoms with Gasteiger partial charge in [0.25, 0.3) is 0 Å². The van der Waals surface area contributed by atoms with Gasteiger partial charge in [0.2, 0.25) is 18.2 Å². The zero-order valence-corrected chi connectivity index (χ0v) is 12.8. The third-order valence-electron chi connectivity index (χ3n) is 3.93. The van der Waals surface area contributed by atoms with Crippen LogP contribution < -0.4 is 10.6 Å². The van der Waals surface area contributed by atoms with E-state index in [1.807, 2.05) is 0 Å². The van der Waals surface area contributed by atoms with Gasteiger partial charge in [-0.1, -0.05) is 0 Å². The van der Waals surface area contributed by atoms with E-state index in [1.165, 1.54) is 0 Å². The van der Waals surface area contributed by atoms with Crippen LogP contribution in [0.2, 0.25) is 0 Å². The van der Waals surface area contributed by atoms with Gasteiger partial charge in [0, 0.05) is 25.8 Å². The number of carbonyl (C=O) groups is 2. The molecule has 9 heteroatoms. The van der Waals surface area contributed by atoms with Crippen LogP contribution in [0.15, 0.2) is 18.5 Å². The highest BCUT2D eigenvalue weighted by molar-refractivity contribution is 5.76. The molecule has 2 aromatic rings. The molecule has 3 rings (SSSR count). The Morgan fingerprint density at radius 3 is 2.92 bits per heavy atom. The third kappa shape index (κ3) is 3.84. The monoisotopic (exact) mass is 337 g/mol. The largest absolute Gasteiger partial charge is 0.353 e. The number of rotatable bonds is 7. The summed E-state index contributed by atoms with van der Waals surface area (Å²) in [5, 5.41) is 9.41. The molecular formula is C15H17F2N5O2. The van der Waals surface area contributed by atoms with Crippen molar-refractivity contribution in [1.29, 1.82) is 0 Å². The molecule has 0 bridgehead atoms. The molecule has 1 aliphatic rings. The highest BCUT2D eigenvalue weighted by Gasteiger charge is 2.45. The predicted octanol–water partition coefficient (Wildman–Crippen LogP) is 1.03. The molecule has 1 saturated carbocycles. The Labute approximate surface area is 136 Å². The fourth-order valence-corrected chi connectivity index (χ4v) is 2.76. The summed E-state index contributed by atoms with van der Waals surface area (Å²) in [4.78, 5) is 26.4. The summed E-state index contributed by atoms with van der Waals surface area (Å²) in [6.07, 6.45) is 3.60. The van der Waals surface area contributed by atoms with E-state index in [1.54, 1.807) is 23.0 Å². The SMILES string of the molecule is O=CNCc1cn2ncc(CNC(=O)CC3CC(F)(F)C3)cc2n1. The zero-order chi connectivity index (χ0) is 17.2. The van der Waals surface area contributed by atoms with Gasteiger partial charge < -0.3 is 10.6 Å². The molecule has 0 aliphatic heterocycles. The molecule has 0 radical (unpaired) electrons. The lowest BCUT2D eigenvalue weighted by Gasteiger charge is -2.34. The summed E-state index contributed by atoms with van der Waals surface area (Å²) < 4.78 is 27.1. The van der Waals surface area contributed by atoms with Crippen LogP contribution in [0.4, 0.5) is 8.78 Å². The normalized spacial score (nSPS) is 16.6. The highest BCUT2D eigenvalue weighted by atomic mass is 19.3. The van der Waals surface area contributed by atoms with Gasteiger partial charge in [0.15, 0.2) is 5.65 Å². The van der Waals surface area contributed by atoms with Gasteiger partial charge in [0.05, 0.1) is 24.6 Å². The second-order valence-corrected chi connectivity index (χ2v) is 6.01. The first kappa shape index (κ1) is 16.3. The number of fused-ring (bicyclic) bond motifs is 1.